The lowest BCUT2D eigenvalue weighted by Gasteiger charge is -2.34. The number of hydrogen-bond acceptors (Lipinski definition) is 7. The lowest BCUT2D eigenvalue weighted by molar-refractivity contribution is -0.111. The van der Waals surface area contributed by atoms with Gasteiger partial charge in [-0.05, 0) is 49.5 Å². The van der Waals surface area contributed by atoms with Gasteiger partial charge in [0.25, 0.3) is 0 Å². The second-order valence-corrected chi connectivity index (χ2v) is 8.42. The van der Waals surface area contributed by atoms with Crippen molar-refractivity contribution in [3.63, 3.8) is 0 Å². The summed E-state index contributed by atoms with van der Waals surface area (Å²) in [5.74, 6) is -0.597. The predicted octanol–water partition coefficient (Wildman–Crippen LogP) is 3.78. The molecule has 0 unspecified atom stereocenters. The molecule has 4 aromatic rings. The molecule has 178 valence electrons. The SMILES string of the molecule is C=CC(=O)Nc1cc(F)cc(-c2nc(Nc3cccc(N4CCN(C)CC4)c3)nc3[nH]ncc23)c1. The smallest absolute Gasteiger partial charge is 0.247 e. The number of aromatic nitrogens is 4. The number of aromatic amines is 1. The van der Waals surface area contributed by atoms with Gasteiger partial charge < -0.3 is 20.4 Å². The van der Waals surface area contributed by atoms with Crippen LogP contribution in [0.15, 0.2) is 61.3 Å². The van der Waals surface area contributed by atoms with Gasteiger partial charge in [0, 0.05) is 48.8 Å². The Balaban J connectivity index is 1.48. The molecule has 2 aromatic heterocycles. The minimum absolute atomic E-state index is 0.301. The highest BCUT2D eigenvalue weighted by Crippen LogP contribution is 2.30. The molecule has 1 amide bonds. The summed E-state index contributed by atoms with van der Waals surface area (Å²) in [6.07, 6.45) is 2.72. The third kappa shape index (κ3) is 4.97. The predicted molar refractivity (Wildman–Crippen MR) is 135 cm³/mol. The number of carbonyl (C=O) groups is 1. The lowest BCUT2D eigenvalue weighted by Crippen LogP contribution is -2.44. The van der Waals surface area contributed by atoms with Crippen LogP contribution < -0.4 is 15.5 Å². The quantitative estimate of drug-likeness (QED) is 0.367. The third-order valence-corrected chi connectivity index (χ3v) is 5.90. The van der Waals surface area contributed by atoms with Gasteiger partial charge in [-0.2, -0.15) is 10.1 Å². The fraction of sp³-hybridized carbons (Fsp3) is 0.200. The van der Waals surface area contributed by atoms with Crippen molar-refractivity contribution in [2.45, 2.75) is 0 Å². The van der Waals surface area contributed by atoms with Gasteiger partial charge in [-0.3, -0.25) is 9.89 Å². The van der Waals surface area contributed by atoms with Crippen molar-refractivity contribution >= 4 is 40.0 Å². The standard InChI is InChI=1S/C25H25FN8O/c1-3-22(35)28-19-12-16(11-17(26)13-19)23-21-15-27-32-24(21)31-25(30-23)29-18-5-4-6-20(14-18)34-9-7-33(2)8-10-34/h3-6,11-15H,1,7-10H2,2H3,(H,28,35)(H2,27,29,30,31,32). The molecule has 0 bridgehead atoms. The average Bonchev–Trinajstić information content (AvgIpc) is 3.32. The normalized spacial score (nSPS) is 14.2. The number of carbonyl (C=O) groups excluding carboxylic acids is 1. The largest absolute Gasteiger partial charge is 0.369 e. The van der Waals surface area contributed by atoms with Crippen molar-refractivity contribution in [3.8, 4) is 11.3 Å². The van der Waals surface area contributed by atoms with E-state index in [1.165, 1.54) is 12.1 Å². The molecule has 0 atom stereocenters. The average molecular weight is 473 g/mol. The molecule has 1 fully saturated rings. The number of halogens is 1. The van der Waals surface area contributed by atoms with Crippen molar-refractivity contribution in [2.24, 2.45) is 0 Å². The van der Waals surface area contributed by atoms with Crippen LogP contribution in [-0.4, -0.2) is 64.2 Å². The molecule has 3 heterocycles. The van der Waals surface area contributed by atoms with Crippen LogP contribution in [0.3, 0.4) is 0 Å². The van der Waals surface area contributed by atoms with Crippen molar-refractivity contribution in [3.05, 3.63) is 67.1 Å². The topological polar surface area (TPSA) is 102 Å². The van der Waals surface area contributed by atoms with E-state index in [1.54, 1.807) is 12.3 Å². The van der Waals surface area contributed by atoms with Gasteiger partial charge in [0.15, 0.2) is 5.65 Å². The number of piperazine rings is 1. The van der Waals surface area contributed by atoms with E-state index in [2.05, 4.69) is 66.4 Å². The molecule has 1 aliphatic rings. The van der Waals surface area contributed by atoms with Gasteiger partial charge in [-0.15, -0.1) is 0 Å². The molecule has 3 N–H and O–H groups in total. The Kier molecular flexibility index (Phi) is 6.11. The highest BCUT2D eigenvalue weighted by molar-refractivity contribution is 6.00. The van der Waals surface area contributed by atoms with Crippen LogP contribution in [0.25, 0.3) is 22.3 Å². The summed E-state index contributed by atoms with van der Waals surface area (Å²) in [6, 6.07) is 12.3. The van der Waals surface area contributed by atoms with Crippen molar-refractivity contribution < 1.29 is 9.18 Å². The summed E-state index contributed by atoms with van der Waals surface area (Å²) in [6.45, 7) is 7.39. The van der Waals surface area contributed by atoms with Crippen LogP contribution in [0.5, 0.6) is 0 Å². The van der Waals surface area contributed by atoms with Gasteiger partial charge in [0.05, 0.1) is 17.3 Å². The van der Waals surface area contributed by atoms with Gasteiger partial charge in [0.1, 0.15) is 5.82 Å². The molecule has 0 saturated carbocycles. The summed E-state index contributed by atoms with van der Waals surface area (Å²) in [5, 5.41) is 13.4. The summed E-state index contributed by atoms with van der Waals surface area (Å²) < 4.78 is 14.4. The van der Waals surface area contributed by atoms with Gasteiger partial charge in [0.2, 0.25) is 11.9 Å². The van der Waals surface area contributed by atoms with E-state index in [0.29, 0.717) is 33.9 Å². The first-order valence-electron chi connectivity index (χ1n) is 11.2. The minimum atomic E-state index is -0.508. The Labute approximate surface area is 201 Å². The van der Waals surface area contributed by atoms with Crippen LogP contribution in [0.4, 0.5) is 27.4 Å². The highest BCUT2D eigenvalue weighted by atomic mass is 19.1. The second kappa shape index (κ2) is 9.51. The number of likely N-dealkylation sites (N-methyl/N-ethyl adjacent to an activating group) is 1. The maximum absolute atomic E-state index is 14.4. The molecule has 9 nitrogen and oxygen atoms in total. The molecule has 0 spiro atoms. The number of nitrogens with zero attached hydrogens (tertiary/aromatic N) is 5. The maximum Gasteiger partial charge on any atom is 0.247 e. The van der Waals surface area contributed by atoms with E-state index >= 15 is 0 Å². The van der Waals surface area contributed by atoms with Crippen LogP contribution in [0, 0.1) is 5.82 Å². The van der Waals surface area contributed by atoms with Gasteiger partial charge in [-0.1, -0.05) is 12.6 Å². The number of fused-ring (bicyclic) bond motifs is 1. The Morgan fingerprint density at radius 2 is 1.94 bits per heavy atom. The highest BCUT2D eigenvalue weighted by Gasteiger charge is 2.16. The first-order valence-corrected chi connectivity index (χ1v) is 11.2. The second-order valence-electron chi connectivity index (χ2n) is 8.42. The molecule has 35 heavy (non-hydrogen) atoms. The molecule has 0 radical (unpaired) electrons. The Morgan fingerprint density at radius 1 is 1.11 bits per heavy atom. The van der Waals surface area contributed by atoms with Crippen LogP contribution in [0.2, 0.25) is 0 Å². The molecule has 2 aromatic carbocycles. The monoisotopic (exact) mass is 472 g/mol. The molecular weight excluding hydrogens is 447 g/mol. The molecule has 0 aliphatic carbocycles. The number of H-pyrrole nitrogens is 1. The summed E-state index contributed by atoms with van der Waals surface area (Å²) in [4.78, 5) is 25.6. The lowest BCUT2D eigenvalue weighted by atomic mass is 10.1. The zero-order valence-electron chi connectivity index (χ0n) is 19.3. The van der Waals surface area contributed by atoms with Crippen molar-refractivity contribution in [2.75, 3.05) is 48.8 Å². The first-order chi connectivity index (χ1) is 17.0. The van der Waals surface area contributed by atoms with Crippen LogP contribution in [-0.2, 0) is 4.79 Å². The summed E-state index contributed by atoms with van der Waals surface area (Å²) in [5.41, 5.74) is 3.73. The maximum atomic E-state index is 14.4. The van der Waals surface area contributed by atoms with Crippen molar-refractivity contribution in [1.82, 2.24) is 25.1 Å². The number of amides is 1. The Bertz CT molecular complexity index is 1390. The molecule has 1 saturated heterocycles. The fourth-order valence-electron chi connectivity index (χ4n) is 4.08. The van der Waals surface area contributed by atoms with Gasteiger partial charge in [-0.25, -0.2) is 9.37 Å². The zero-order chi connectivity index (χ0) is 24.4. The molecule has 1 aliphatic heterocycles. The number of benzene rings is 2. The van der Waals surface area contributed by atoms with E-state index in [1.807, 2.05) is 12.1 Å². The number of hydrogen-bond donors (Lipinski definition) is 3. The van der Waals surface area contributed by atoms with E-state index < -0.39 is 11.7 Å². The van der Waals surface area contributed by atoms with Crippen LogP contribution >= 0.6 is 0 Å². The minimum Gasteiger partial charge on any atom is -0.369 e. The number of anilines is 4. The number of nitrogens with one attached hydrogen (secondary N) is 3. The van der Waals surface area contributed by atoms with E-state index in [0.717, 1.165) is 43.6 Å². The summed E-state index contributed by atoms with van der Waals surface area (Å²) in [7, 11) is 2.13. The van der Waals surface area contributed by atoms with Crippen LogP contribution in [0.1, 0.15) is 0 Å². The third-order valence-electron chi connectivity index (χ3n) is 5.90. The molecule has 10 heteroatoms. The number of rotatable bonds is 6. The molecule has 5 rings (SSSR count). The van der Waals surface area contributed by atoms with E-state index in [-0.39, 0.29) is 0 Å². The summed E-state index contributed by atoms with van der Waals surface area (Å²) >= 11 is 0. The molecular formula is C25H25FN8O. The zero-order valence-corrected chi connectivity index (χ0v) is 19.3. The first kappa shape index (κ1) is 22.5. The Hall–Kier alpha value is -4.31. The van der Waals surface area contributed by atoms with Gasteiger partial charge >= 0.3 is 0 Å². The van der Waals surface area contributed by atoms with E-state index in [9.17, 15) is 9.18 Å². The Morgan fingerprint density at radius 3 is 2.74 bits per heavy atom. The van der Waals surface area contributed by atoms with Crippen molar-refractivity contribution in [1.29, 1.82) is 0 Å². The fourth-order valence-corrected chi connectivity index (χ4v) is 4.08. The van der Waals surface area contributed by atoms with E-state index in [4.69, 9.17) is 0 Å².